The summed E-state index contributed by atoms with van der Waals surface area (Å²) in [5, 5.41) is -0.695. The Morgan fingerprint density at radius 1 is 0.433 bits per heavy atom. The van der Waals surface area contributed by atoms with Gasteiger partial charge in [0.1, 0.15) is 0 Å². The van der Waals surface area contributed by atoms with E-state index in [9.17, 15) is 11.0 Å². The Hall–Kier alpha value is -6.74. The van der Waals surface area contributed by atoms with E-state index in [1.165, 1.54) is 6.07 Å². The Labute approximate surface area is 378 Å². The molecule has 1 heterocycles. The van der Waals surface area contributed by atoms with Gasteiger partial charge in [0.25, 0.3) is 0 Å². The minimum Gasteiger partial charge on any atom is -0.310 e. The number of hydrogen-bond acceptors (Lipinski definition) is 2. The van der Waals surface area contributed by atoms with Gasteiger partial charge in [0.15, 0.2) is 0 Å². The quantitative estimate of drug-likeness (QED) is 0.168. The number of benzene rings is 9. The monoisotopic (exact) mass is 801 g/mol. The minimum atomic E-state index is -0.753. The Kier molecular flexibility index (Phi) is 4.85. The van der Waals surface area contributed by atoms with Gasteiger partial charge in [-0.05, 0) is 114 Å². The highest BCUT2D eigenvalue weighted by Crippen LogP contribution is 2.53. The fraction of sp³-hybridized carbons (Fsp3) is 0.103. The molecule has 2 aliphatic rings. The molecule has 0 saturated carbocycles. The smallest absolute Gasteiger partial charge is 0.0645 e. The van der Waals surface area contributed by atoms with Gasteiger partial charge < -0.3 is 4.90 Å². The SMILES string of the molecule is [2H]c1cc2c(sc3c(-c4c(-c5c([2H])c([2H])c(N(c6ccc7c(c6)C(C)(C)c6ccccc6-7)c6ccc7c(c6)C(C)(C)c6ccccc6-7)c([2H])c5[2H])c([2H])c([2H])c5c([2H])c([2H])c([2H])c([2H])c45)c([2H])c([2H])c([2H])c32)c([2H])c1[2H]. The van der Waals surface area contributed by atoms with Crippen LogP contribution in [0.5, 0.6) is 0 Å². The van der Waals surface area contributed by atoms with Gasteiger partial charge in [-0.2, -0.15) is 0 Å². The van der Waals surface area contributed by atoms with Gasteiger partial charge in [0.2, 0.25) is 0 Å². The Bertz CT molecular complexity index is 4190. The van der Waals surface area contributed by atoms with Gasteiger partial charge in [0.05, 0.1) is 21.9 Å². The highest BCUT2D eigenvalue weighted by atomic mass is 32.1. The van der Waals surface area contributed by atoms with Crippen molar-refractivity contribution in [3.05, 3.63) is 210 Å². The molecule has 0 fully saturated rings. The predicted molar refractivity (Wildman–Crippen MR) is 258 cm³/mol. The van der Waals surface area contributed by atoms with Crippen molar-refractivity contribution in [1.82, 2.24) is 0 Å². The van der Waals surface area contributed by atoms with Gasteiger partial charge in [-0.3, -0.25) is 0 Å². The highest BCUT2D eigenvalue weighted by molar-refractivity contribution is 7.26. The van der Waals surface area contributed by atoms with Crippen molar-refractivity contribution in [2.24, 2.45) is 0 Å². The first kappa shape index (κ1) is 22.6. The molecule has 0 radical (unpaired) electrons. The molecule has 2 heteroatoms. The molecule has 0 bridgehead atoms. The zero-order chi connectivity index (χ0) is 54.3. The Balaban J connectivity index is 1.19. The molecule has 0 spiro atoms. The average molecular weight is 802 g/mol. The van der Waals surface area contributed by atoms with Gasteiger partial charge in [-0.15, -0.1) is 11.3 Å². The Morgan fingerprint density at radius 2 is 1.03 bits per heavy atom. The van der Waals surface area contributed by atoms with E-state index in [1.807, 2.05) is 60.7 Å². The molecule has 0 aliphatic heterocycles. The fourth-order valence-corrected chi connectivity index (χ4v) is 10.6. The van der Waals surface area contributed by atoms with Crippen molar-refractivity contribution in [2.45, 2.75) is 38.5 Å². The molecule has 9 aromatic carbocycles. The molecule has 0 atom stereocenters. The largest absolute Gasteiger partial charge is 0.310 e. The molecule has 286 valence electrons. The third-order valence-electron chi connectivity index (χ3n) is 12.5. The molecular weight excluding hydrogens is 743 g/mol. The van der Waals surface area contributed by atoms with Crippen molar-refractivity contribution in [3.63, 3.8) is 0 Å². The molecule has 1 aromatic heterocycles. The summed E-state index contributed by atoms with van der Waals surface area (Å²) in [5.41, 5.74) is 6.68. The van der Waals surface area contributed by atoms with E-state index < -0.39 is 117 Å². The van der Waals surface area contributed by atoms with E-state index in [1.54, 1.807) is 4.90 Å². The van der Waals surface area contributed by atoms with Crippen molar-refractivity contribution in [1.29, 1.82) is 0 Å². The second-order valence-electron chi connectivity index (χ2n) is 16.4. The summed E-state index contributed by atoms with van der Waals surface area (Å²) in [4.78, 5) is 1.71. The number of fused-ring (bicyclic) bond motifs is 10. The van der Waals surface area contributed by atoms with Gasteiger partial charge in [-0.1, -0.05) is 173 Å². The number of anilines is 3. The van der Waals surface area contributed by atoms with E-state index in [2.05, 4.69) is 52.0 Å². The number of hydrogen-bond donors (Lipinski definition) is 0. The zero-order valence-electron chi connectivity index (χ0n) is 49.0. The first-order valence-electron chi connectivity index (χ1n) is 27.8. The topological polar surface area (TPSA) is 3.24 Å². The maximum absolute atomic E-state index is 10.1. The first-order chi connectivity index (χ1) is 35.9. The lowest BCUT2D eigenvalue weighted by Crippen LogP contribution is -2.18. The minimum absolute atomic E-state index is 0.00815. The van der Waals surface area contributed by atoms with E-state index in [-0.39, 0.29) is 49.1 Å². The van der Waals surface area contributed by atoms with Crippen LogP contribution in [0.2, 0.25) is 0 Å². The molecule has 60 heavy (non-hydrogen) atoms. The number of rotatable bonds is 5. The third kappa shape index (κ3) is 5.04. The Morgan fingerprint density at radius 3 is 1.72 bits per heavy atom. The summed E-state index contributed by atoms with van der Waals surface area (Å²) in [6.45, 7) is 8.53. The van der Waals surface area contributed by atoms with Crippen molar-refractivity contribution < 1.29 is 21.9 Å². The molecule has 0 saturated heterocycles. The van der Waals surface area contributed by atoms with Crippen LogP contribution in [0, 0.1) is 0 Å². The van der Waals surface area contributed by atoms with Crippen LogP contribution in [0.4, 0.5) is 17.1 Å². The summed E-state index contributed by atoms with van der Waals surface area (Å²) < 4.78 is 149. The lowest BCUT2D eigenvalue weighted by molar-refractivity contribution is 0.660. The first-order valence-corrected chi connectivity index (χ1v) is 20.6. The third-order valence-corrected chi connectivity index (χ3v) is 13.6. The second kappa shape index (κ2) is 12.9. The molecular formula is C58H43NS. The average Bonchev–Trinajstić information content (AvgIpc) is 4.03. The summed E-state index contributed by atoms with van der Waals surface area (Å²) in [6, 6.07) is 19.7. The second-order valence-corrected chi connectivity index (χ2v) is 17.5. The lowest BCUT2D eigenvalue weighted by Gasteiger charge is -2.30. The summed E-state index contributed by atoms with van der Waals surface area (Å²) >= 11 is 0.845. The number of thiophene rings is 1. The molecule has 12 rings (SSSR count). The predicted octanol–water partition coefficient (Wildman–Crippen LogP) is 16.6. The number of nitrogens with zero attached hydrogens (tertiary/aromatic N) is 1. The van der Waals surface area contributed by atoms with Crippen LogP contribution in [-0.4, -0.2) is 0 Å². The standard InChI is InChI=1S/C58H43NS/c1-57(2)50-21-10-7-16-43(50)45-32-29-39(34-52(45)57)59(40-30-33-46-44-17-8-11-22-51(44)58(3,4)53(46)35-40)38-27-24-37(25-28-38)42-31-26-36-14-5-6-15-41(36)55(42)49-20-13-19-48-47-18-9-12-23-54(47)60-56(48)49/h5-35H,1-4H3/i5D,6D,9D,12D,13D,14D,15D,19D,20D,23D,24D,25D,26D,27D,28D,31D. The van der Waals surface area contributed by atoms with E-state index in [0.29, 0.717) is 11.4 Å². The molecule has 0 amide bonds. The van der Waals surface area contributed by atoms with Gasteiger partial charge in [-0.25, -0.2) is 0 Å². The van der Waals surface area contributed by atoms with Crippen LogP contribution in [0.25, 0.3) is 75.5 Å². The molecule has 2 aliphatic carbocycles. The maximum atomic E-state index is 10.1. The summed E-state index contributed by atoms with van der Waals surface area (Å²) in [5.74, 6) is 0. The summed E-state index contributed by atoms with van der Waals surface area (Å²) in [7, 11) is 0. The fourth-order valence-electron chi connectivity index (χ4n) is 9.52. The van der Waals surface area contributed by atoms with Crippen LogP contribution in [0.3, 0.4) is 0 Å². The van der Waals surface area contributed by atoms with Crippen LogP contribution >= 0.6 is 11.3 Å². The molecule has 0 N–H and O–H groups in total. The van der Waals surface area contributed by atoms with Gasteiger partial charge >= 0.3 is 0 Å². The zero-order valence-corrected chi connectivity index (χ0v) is 33.8. The summed E-state index contributed by atoms with van der Waals surface area (Å²) in [6.07, 6.45) is 0. The lowest BCUT2D eigenvalue weighted by atomic mass is 9.82. The van der Waals surface area contributed by atoms with Crippen molar-refractivity contribution in [2.75, 3.05) is 4.90 Å². The molecule has 1 nitrogen and oxygen atoms in total. The van der Waals surface area contributed by atoms with E-state index in [4.69, 9.17) is 11.0 Å². The van der Waals surface area contributed by atoms with E-state index in [0.717, 1.165) is 55.8 Å². The van der Waals surface area contributed by atoms with Crippen molar-refractivity contribution in [3.8, 4) is 44.5 Å². The normalized spacial score (nSPS) is 18.0. The van der Waals surface area contributed by atoms with E-state index >= 15 is 0 Å². The maximum Gasteiger partial charge on any atom is 0.0645 e. The van der Waals surface area contributed by atoms with Crippen LogP contribution in [-0.2, 0) is 10.8 Å². The van der Waals surface area contributed by atoms with Crippen LogP contribution < -0.4 is 4.90 Å². The molecule has 10 aromatic rings. The van der Waals surface area contributed by atoms with Crippen molar-refractivity contribution >= 4 is 59.3 Å². The molecule has 0 unspecified atom stereocenters. The highest BCUT2D eigenvalue weighted by Gasteiger charge is 2.37. The van der Waals surface area contributed by atoms with Crippen LogP contribution in [0.1, 0.15) is 71.9 Å². The van der Waals surface area contributed by atoms with Gasteiger partial charge in [0, 0.05) is 53.6 Å². The van der Waals surface area contributed by atoms with Crippen LogP contribution in [0.15, 0.2) is 188 Å².